The highest BCUT2D eigenvalue weighted by Crippen LogP contribution is 2.31. The molecule has 1 saturated heterocycles. The second-order valence-corrected chi connectivity index (χ2v) is 5.31. The van der Waals surface area contributed by atoms with Gasteiger partial charge in [0.25, 0.3) is 0 Å². The van der Waals surface area contributed by atoms with Crippen molar-refractivity contribution in [3.63, 3.8) is 0 Å². The van der Waals surface area contributed by atoms with Gasteiger partial charge in [-0.25, -0.2) is 0 Å². The molecule has 0 amide bonds. The maximum absolute atomic E-state index is 9.23. The van der Waals surface area contributed by atoms with Crippen LogP contribution in [-0.4, -0.2) is 42.2 Å². The average Bonchev–Trinajstić information content (AvgIpc) is 2.76. The maximum atomic E-state index is 9.23. The lowest BCUT2D eigenvalue weighted by molar-refractivity contribution is 0.269. The first-order chi connectivity index (χ1) is 9.08. The zero-order valence-corrected chi connectivity index (χ0v) is 12.1. The van der Waals surface area contributed by atoms with E-state index in [4.69, 9.17) is 5.73 Å². The standard InChI is InChI=1S/C14H23N5/c1-4-17-5-7-18(8-6-17)14-13(16)9-12(10-15)19(14)11(2)3/h9,11H,4-8,16H2,1-3H3. The highest BCUT2D eigenvalue weighted by Gasteiger charge is 2.23. The number of hydrogen-bond donors (Lipinski definition) is 1. The van der Waals surface area contributed by atoms with Gasteiger partial charge in [0.2, 0.25) is 0 Å². The van der Waals surface area contributed by atoms with E-state index < -0.39 is 0 Å². The molecule has 0 aliphatic carbocycles. The van der Waals surface area contributed by atoms with Gasteiger partial charge >= 0.3 is 0 Å². The molecule has 0 atom stereocenters. The third-order valence-electron chi connectivity index (χ3n) is 3.79. The number of nitrogen functional groups attached to an aromatic ring is 1. The van der Waals surface area contributed by atoms with Crippen LogP contribution in [0.3, 0.4) is 0 Å². The van der Waals surface area contributed by atoms with Crippen LogP contribution in [0.1, 0.15) is 32.5 Å². The third-order valence-corrected chi connectivity index (χ3v) is 3.79. The van der Waals surface area contributed by atoms with Gasteiger partial charge in [-0.15, -0.1) is 0 Å². The van der Waals surface area contributed by atoms with Crippen LogP contribution in [0.5, 0.6) is 0 Å². The zero-order valence-electron chi connectivity index (χ0n) is 12.1. The van der Waals surface area contributed by atoms with Crippen LogP contribution in [0, 0.1) is 11.3 Å². The Kier molecular flexibility index (Phi) is 4.01. The summed E-state index contributed by atoms with van der Waals surface area (Å²) in [7, 11) is 0. The molecular formula is C14H23N5. The van der Waals surface area contributed by atoms with Crippen LogP contribution in [0.25, 0.3) is 0 Å². The van der Waals surface area contributed by atoms with E-state index >= 15 is 0 Å². The molecular weight excluding hydrogens is 238 g/mol. The van der Waals surface area contributed by atoms with E-state index in [1.165, 1.54) is 0 Å². The average molecular weight is 261 g/mol. The van der Waals surface area contributed by atoms with Crippen molar-refractivity contribution in [2.24, 2.45) is 0 Å². The number of likely N-dealkylation sites (N-methyl/N-ethyl adjacent to an activating group) is 1. The molecule has 0 spiro atoms. The molecule has 104 valence electrons. The number of nitrogens with two attached hydrogens (primary N) is 1. The summed E-state index contributed by atoms with van der Waals surface area (Å²) in [5.41, 5.74) is 7.50. The Bertz CT molecular complexity index is 475. The third kappa shape index (κ3) is 2.54. The Morgan fingerprint density at radius 2 is 1.95 bits per heavy atom. The van der Waals surface area contributed by atoms with Crippen molar-refractivity contribution in [1.82, 2.24) is 9.47 Å². The SMILES string of the molecule is CCN1CCN(c2c(N)cc(C#N)n2C(C)C)CC1. The molecule has 5 nitrogen and oxygen atoms in total. The van der Waals surface area contributed by atoms with Gasteiger partial charge in [-0.2, -0.15) is 5.26 Å². The van der Waals surface area contributed by atoms with E-state index in [-0.39, 0.29) is 6.04 Å². The molecule has 0 unspecified atom stereocenters. The van der Waals surface area contributed by atoms with Crippen LogP contribution < -0.4 is 10.6 Å². The van der Waals surface area contributed by atoms with Gasteiger partial charge in [0.1, 0.15) is 17.6 Å². The van der Waals surface area contributed by atoms with Crippen LogP contribution >= 0.6 is 0 Å². The van der Waals surface area contributed by atoms with Gasteiger partial charge in [0, 0.05) is 32.2 Å². The summed E-state index contributed by atoms with van der Waals surface area (Å²) < 4.78 is 2.05. The van der Waals surface area contributed by atoms with E-state index in [1.54, 1.807) is 6.07 Å². The van der Waals surface area contributed by atoms with Gasteiger partial charge in [-0.05, 0) is 26.5 Å². The van der Waals surface area contributed by atoms with Crippen molar-refractivity contribution in [2.75, 3.05) is 43.4 Å². The predicted molar refractivity (Wildman–Crippen MR) is 78.3 cm³/mol. The number of hydrogen-bond acceptors (Lipinski definition) is 4. The number of anilines is 2. The van der Waals surface area contributed by atoms with E-state index in [9.17, 15) is 5.26 Å². The number of nitriles is 1. The zero-order chi connectivity index (χ0) is 14.0. The fourth-order valence-electron chi connectivity index (χ4n) is 2.75. The summed E-state index contributed by atoms with van der Waals surface area (Å²) in [6.07, 6.45) is 0. The fourth-order valence-corrected chi connectivity index (χ4v) is 2.75. The first-order valence-electron chi connectivity index (χ1n) is 6.96. The van der Waals surface area contributed by atoms with Gasteiger partial charge in [-0.3, -0.25) is 0 Å². The largest absolute Gasteiger partial charge is 0.396 e. The molecule has 1 aliphatic rings. The molecule has 0 aromatic carbocycles. The molecule has 2 rings (SSSR count). The Morgan fingerprint density at radius 1 is 1.32 bits per heavy atom. The Morgan fingerprint density at radius 3 is 2.42 bits per heavy atom. The molecule has 1 aromatic heterocycles. The van der Waals surface area contributed by atoms with Crippen molar-refractivity contribution in [2.45, 2.75) is 26.8 Å². The van der Waals surface area contributed by atoms with Crippen LogP contribution in [0.4, 0.5) is 11.5 Å². The highest BCUT2D eigenvalue weighted by molar-refractivity contribution is 5.68. The van der Waals surface area contributed by atoms with Crippen LogP contribution in [0.15, 0.2) is 6.07 Å². The fraction of sp³-hybridized carbons (Fsp3) is 0.643. The Labute approximate surface area is 115 Å². The molecule has 0 saturated carbocycles. The lowest BCUT2D eigenvalue weighted by Gasteiger charge is -2.36. The minimum Gasteiger partial charge on any atom is -0.396 e. The van der Waals surface area contributed by atoms with Crippen molar-refractivity contribution < 1.29 is 0 Å². The van der Waals surface area contributed by atoms with Crippen LogP contribution in [-0.2, 0) is 0 Å². The number of rotatable bonds is 3. The number of nitrogens with zero attached hydrogens (tertiary/aromatic N) is 4. The molecule has 5 heteroatoms. The van der Waals surface area contributed by atoms with Gasteiger partial charge in [0.15, 0.2) is 0 Å². The lowest BCUT2D eigenvalue weighted by Crippen LogP contribution is -2.47. The van der Waals surface area contributed by atoms with E-state index in [0.717, 1.165) is 44.2 Å². The topological polar surface area (TPSA) is 61.2 Å². The Balaban J connectivity index is 2.30. The minimum absolute atomic E-state index is 0.242. The molecule has 2 heterocycles. The lowest BCUT2D eigenvalue weighted by atomic mass is 10.3. The van der Waals surface area contributed by atoms with E-state index in [2.05, 4.69) is 41.2 Å². The number of piperazine rings is 1. The van der Waals surface area contributed by atoms with Crippen molar-refractivity contribution in [3.05, 3.63) is 11.8 Å². The molecule has 19 heavy (non-hydrogen) atoms. The molecule has 0 radical (unpaired) electrons. The summed E-state index contributed by atoms with van der Waals surface area (Å²) in [5.74, 6) is 1.02. The highest BCUT2D eigenvalue weighted by atomic mass is 15.3. The van der Waals surface area contributed by atoms with Crippen molar-refractivity contribution in [3.8, 4) is 6.07 Å². The molecule has 0 bridgehead atoms. The first-order valence-corrected chi connectivity index (χ1v) is 6.96. The second-order valence-electron chi connectivity index (χ2n) is 5.31. The first kappa shape index (κ1) is 13.8. The summed E-state index contributed by atoms with van der Waals surface area (Å²) >= 11 is 0. The van der Waals surface area contributed by atoms with Crippen molar-refractivity contribution >= 4 is 11.5 Å². The monoisotopic (exact) mass is 261 g/mol. The Hall–Kier alpha value is -1.67. The maximum Gasteiger partial charge on any atom is 0.133 e. The quantitative estimate of drug-likeness (QED) is 0.899. The summed E-state index contributed by atoms with van der Waals surface area (Å²) in [5, 5.41) is 9.23. The second kappa shape index (κ2) is 5.54. The molecule has 1 aliphatic heterocycles. The minimum atomic E-state index is 0.242. The summed E-state index contributed by atoms with van der Waals surface area (Å²) in [4.78, 5) is 4.74. The molecule has 1 aromatic rings. The molecule has 1 fully saturated rings. The van der Waals surface area contributed by atoms with Crippen LogP contribution in [0.2, 0.25) is 0 Å². The normalized spacial score (nSPS) is 16.9. The van der Waals surface area contributed by atoms with Gasteiger partial charge < -0.3 is 20.1 Å². The van der Waals surface area contributed by atoms with Gasteiger partial charge in [0.05, 0.1) is 5.69 Å². The predicted octanol–water partition coefficient (Wildman–Crippen LogP) is 1.66. The van der Waals surface area contributed by atoms with E-state index in [1.807, 2.05) is 0 Å². The van der Waals surface area contributed by atoms with E-state index in [0.29, 0.717) is 5.69 Å². The smallest absolute Gasteiger partial charge is 0.133 e. The summed E-state index contributed by atoms with van der Waals surface area (Å²) in [6.45, 7) is 11.5. The summed E-state index contributed by atoms with van der Waals surface area (Å²) in [6, 6.07) is 4.28. The van der Waals surface area contributed by atoms with Crippen molar-refractivity contribution in [1.29, 1.82) is 5.26 Å². The number of aromatic nitrogens is 1. The molecule has 2 N–H and O–H groups in total. The van der Waals surface area contributed by atoms with Gasteiger partial charge in [-0.1, -0.05) is 6.92 Å².